The Balaban J connectivity index is 1.72. The Morgan fingerprint density at radius 3 is 2.43 bits per heavy atom. The van der Waals surface area contributed by atoms with Crippen molar-refractivity contribution < 1.29 is 4.39 Å². The van der Waals surface area contributed by atoms with Gasteiger partial charge in [0.05, 0.1) is 5.56 Å². The van der Waals surface area contributed by atoms with Crippen LogP contribution in [0.2, 0.25) is 0 Å². The molecular formula is C16H22FN3S. The molecule has 2 fully saturated rings. The third kappa shape index (κ3) is 3.04. The fourth-order valence-electron chi connectivity index (χ4n) is 3.62. The number of piperazine rings is 1. The van der Waals surface area contributed by atoms with Crippen LogP contribution in [0.25, 0.3) is 0 Å². The van der Waals surface area contributed by atoms with Gasteiger partial charge in [-0.1, -0.05) is 31.1 Å². The van der Waals surface area contributed by atoms with E-state index in [2.05, 4.69) is 9.80 Å². The van der Waals surface area contributed by atoms with E-state index in [0.717, 1.165) is 37.9 Å². The predicted molar refractivity (Wildman–Crippen MR) is 88.3 cm³/mol. The van der Waals surface area contributed by atoms with Crippen molar-refractivity contribution in [2.24, 2.45) is 5.73 Å². The van der Waals surface area contributed by atoms with Crippen molar-refractivity contribution in [2.45, 2.75) is 31.7 Å². The zero-order valence-corrected chi connectivity index (χ0v) is 13.0. The van der Waals surface area contributed by atoms with Gasteiger partial charge in [-0.05, 0) is 25.0 Å². The highest BCUT2D eigenvalue weighted by Crippen LogP contribution is 2.28. The molecule has 3 nitrogen and oxygen atoms in total. The molecule has 21 heavy (non-hydrogen) atoms. The molecule has 0 aromatic heterocycles. The van der Waals surface area contributed by atoms with Crippen LogP contribution in [0.15, 0.2) is 18.2 Å². The molecule has 0 bridgehead atoms. The summed E-state index contributed by atoms with van der Waals surface area (Å²) in [5.74, 6) is -0.321. The highest BCUT2D eigenvalue weighted by molar-refractivity contribution is 7.80. The third-order valence-corrected chi connectivity index (χ3v) is 4.94. The molecule has 0 spiro atoms. The van der Waals surface area contributed by atoms with E-state index in [4.69, 9.17) is 18.0 Å². The summed E-state index contributed by atoms with van der Waals surface area (Å²) in [6.07, 6.45) is 5.39. The van der Waals surface area contributed by atoms with Gasteiger partial charge < -0.3 is 10.6 Å². The summed E-state index contributed by atoms with van der Waals surface area (Å²) < 4.78 is 14.0. The Morgan fingerprint density at radius 1 is 1.14 bits per heavy atom. The molecule has 0 radical (unpaired) electrons. The molecule has 1 aliphatic carbocycles. The lowest BCUT2D eigenvalue weighted by Gasteiger charge is -2.39. The summed E-state index contributed by atoms with van der Waals surface area (Å²) >= 11 is 5.02. The van der Waals surface area contributed by atoms with Crippen LogP contribution in [0.3, 0.4) is 0 Å². The molecule has 2 aliphatic rings. The first kappa shape index (κ1) is 14.7. The van der Waals surface area contributed by atoms with Gasteiger partial charge in [0, 0.05) is 37.9 Å². The van der Waals surface area contributed by atoms with Crippen LogP contribution in [0.5, 0.6) is 0 Å². The molecule has 114 valence electrons. The second-order valence-corrected chi connectivity index (χ2v) is 6.40. The van der Waals surface area contributed by atoms with Gasteiger partial charge in [-0.25, -0.2) is 4.39 Å². The zero-order chi connectivity index (χ0) is 14.8. The normalized spacial score (nSPS) is 20.9. The molecule has 1 aliphatic heterocycles. The maximum atomic E-state index is 14.0. The minimum atomic E-state index is -0.321. The summed E-state index contributed by atoms with van der Waals surface area (Å²) in [7, 11) is 0. The van der Waals surface area contributed by atoms with E-state index in [1.807, 2.05) is 6.07 Å². The van der Waals surface area contributed by atoms with Crippen LogP contribution in [-0.4, -0.2) is 42.1 Å². The number of anilines is 1. The lowest BCUT2D eigenvalue weighted by molar-refractivity contribution is 0.187. The quantitative estimate of drug-likeness (QED) is 0.870. The molecule has 1 saturated carbocycles. The molecule has 1 aromatic carbocycles. The van der Waals surface area contributed by atoms with Crippen LogP contribution >= 0.6 is 12.2 Å². The second kappa shape index (κ2) is 6.28. The Bertz CT molecular complexity index is 520. The number of nitrogens with zero attached hydrogens (tertiary/aromatic N) is 2. The molecular weight excluding hydrogens is 285 g/mol. The fraction of sp³-hybridized carbons (Fsp3) is 0.562. The van der Waals surface area contributed by atoms with E-state index in [-0.39, 0.29) is 10.8 Å². The van der Waals surface area contributed by atoms with Crippen molar-refractivity contribution in [2.75, 3.05) is 31.1 Å². The summed E-state index contributed by atoms with van der Waals surface area (Å²) in [5, 5.41) is 0. The smallest absolute Gasteiger partial charge is 0.135 e. The van der Waals surface area contributed by atoms with Gasteiger partial charge in [-0.2, -0.15) is 0 Å². The summed E-state index contributed by atoms with van der Waals surface area (Å²) in [5.41, 5.74) is 6.94. The van der Waals surface area contributed by atoms with Crippen LogP contribution in [0, 0.1) is 5.82 Å². The van der Waals surface area contributed by atoms with Gasteiger partial charge >= 0.3 is 0 Å². The minimum Gasteiger partial charge on any atom is -0.389 e. The standard InChI is InChI=1S/C16H22FN3S/c17-13-6-3-7-14(15(13)16(18)21)20-10-8-19(9-11-20)12-4-1-2-5-12/h3,6-7,12H,1-2,4-5,8-11H2,(H2,18,21). The average Bonchev–Trinajstić information content (AvgIpc) is 3.01. The number of nitrogens with two attached hydrogens (primary N) is 1. The lowest BCUT2D eigenvalue weighted by Crippen LogP contribution is -2.50. The number of halogens is 1. The SMILES string of the molecule is NC(=S)c1c(F)cccc1N1CCN(C2CCCC2)CC1. The lowest BCUT2D eigenvalue weighted by atomic mass is 10.1. The largest absolute Gasteiger partial charge is 0.389 e. The predicted octanol–water partition coefficient (Wildman–Crippen LogP) is 2.52. The maximum Gasteiger partial charge on any atom is 0.135 e. The van der Waals surface area contributed by atoms with E-state index in [1.165, 1.54) is 31.7 Å². The number of benzene rings is 1. The molecule has 1 aromatic rings. The minimum absolute atomic E-state index is 0.140. The Morgan fingerprint density at radius 2 is 1.81 bits per heavy atom. The Kier molecular flexibility index (Phi) is 4.40. The number of hydrogen-bond donors (Lipinski definition) is 1. The molecule has 1 heterocycles. The molecule has 0 atom stereocenters. The first-order valence-electron chi connectivity index (χ1n) is 7.74. The average molecular weight is 307 g/mol. The van der Waals surface area contributed by atoms with Crippen LogP contribution in [0.4, 0.5) is 10.1 Å². The maximum absolute atomic E-state index is 14.0. The van der Waals surface area contributed by atoms with Crippen molar-refractivity contribution in [3.05, 3.63) is 29.6 Å². The third-order valence-electron chi connectivity index (χ3n) is 4.73. The zero-order valence-electron chi connectivity index (χ0n) is 12.2. The Labute approximate surface area is 130 Å². The molecule has 1 saturated heterocycles. The molecule has 0 amide bonds. The molecule has 5 heteroatoms. The van der Waals surface area contributed by atoms with Crippen molar-refractivity contribution >= 4 is 22.9 Å². The molecule has 2 N–H and O–H groups in total. The highest BCUT2D eigenvalue weighted by atomic mass is 32.1. The molecule has 0 unspecified atom stereocenters. The number of thiocarbonyl (C=S) groups is 1. The van der Waals surface area contributed by atoms with E-state index in [9.17, 15) is 4.39 Å². The van der Waals surface area contributed by atoms with Crippen molar-refractivity contribution in [1.82, 2.24) is 4.90 Å². The fourth-order valence-corrected chi connectivity index (χ4v) is 3.82. The topological polar surface area (TPSA) is 32.5 Å². The molecule has 3 rings (SSSR count). The van der Waals surface area contributed by atoms with Crippen molar-refractivity contribution in [1.29, 1.82) is 0 Å². The number of rotatable bonds is 3. The first-order chi connectivity index (χ1) is 10.2. The van der Waals surface area contributed by atoms with E-state index < -0.39 is 0 Å². The summed E-state index contributed by atoms with van der Waals surface area (Å²) in [4.78, 5) is 4.94. The second-order valence-electron chi connectivity index (χ2n) is 5.96. The van der Waals surface area contributed by atoms with Crippen LogP contribution < -0.4 is 10.6 Å². The van der Waals surface area contributed by atoms with Gasteiger partial charge in [0.15, 0.2) is 0 Å². The van der Waals surface area contributed by atoms with Gasteiger partial charge in [0.2, 0.25) is 0 Å². The monoisotopic (exact) mass is 307 g/mol. The van der Waals surface area contributed by atoms with Crippen molar-refractivity contribution in [3.8, 4) is 0 Å². The van der Waals surface area contributed by atoms with Crippen LogP contribution in [0.1, 0.15) is 31.2 Å². The van der Waals surface area contributed by atoms with Crippen molar-refractivity contribution in [3.63, 3.8) is 0 Å². The van der Waals surface area contributed by atoms with Gasteiger partial charge in [-0.15, -0.1) is 0 Å². The van der Waals surface area contributed by atoms with E-state index in [0.29, 0.717) is 5.56 Å². The van der Waals surface area contributed by atoms with Gasteiger partial charge in [0.1, 0.15) is 10.8 Å². The van der Waals surface area contributed by atoms with Gasteiger partial charge in [0.25, 0.3) is 0 Å². The summed E-state index contributed by atoms with van der Waals surface area (Å²) in [6.45, 7) is 3.90. The summed E-state index contributed by atoms with van der Waals surface area (Å²) in [6, 6.07) is 5.83. The van der Waals surface area contributed by atoms with E-state index in [1.54, 1.807) is 6.07 Å². The first-order valence-corrected chi connectivity index (χ1v) is 8.15. The highest BCUT2D eigenvalue weighted by Gasteiger charge is 2.27. The van der Waals surface area contributed by atoms with E-state index >= 15 is 0 Å². The number of hydrogen-bond acceptors (Lipinski definition) is 3. The Hall–Kier alpha value is -1.20. The van der Waals surface area contributed by atoms with Crippen LogP contribution in [-0.2, 0) is 0 Å². The van der Waals surface area contributed by atoms with Gasteiger partial charge in [-0.3, -0.25) is 4.90 Å².